The largest absolute Gasteiger partial charge is 0.383 e. The minimum absolute atomic E-state index is 0.111. The summed E-state index contributed by atoms with van der Waals surface area (Å²) >= 11 is 0. The van der Waals surface area contributed by atoms with Crippen LogP contribution in [-0.4, -0.2) is 32.9 Å². The van der Waals surface area contributed by atoms with E-state index < -0.39 is 0 Å². The average Bonchev–Trinajstić information content (AvgIpc) is 2.31. The van der Waals surface area contributed by atoms with Gasteiger partial charge in [-0.1, -0.05) is 30.3 Å². The minimum atomic E-state index is 0.111. The third kappa shape index (κ3) is 2.56. The van der Waals surface area contributed by atoms with E-state index in [2.05, 4.69) is 17.4 Å². The van der Waals surface area contributed by atoms with E-state index in [1.807, 2.05) is 18.2 Å². The fourth-order valence-corrected chi connectivity index (χ4v) is 1.95. The first-order valence-electron chi connectivity index (χ1n) is 5.30. The Labute approximate surface area is 90.4 Å². The molecule has 0 spiro atoms. The normalized spacial score (nSPS) is 26.5. The summed E-state index contributed by atoms with van der Waals surface area (Å²) in [5, 5.41) is 3.42. The number of benzene rings is 1. The number of nitrogens with one attached hydrogen (secondary N) is 1. The molecule has 0 amide bonds. The van der Waals surface area contributed by atoms with Gasteiger partial charge in [-0.2, -0.15) is 0 Å². The van der Waals surface area contributed by atoms with Gasteiger partial charge in [-0.15, -0.1) is 0 Å². The molecule has 0 aromatic heterocycles. The Hall–Kier alpha value is -0.900. The second-order valence-corrected chi connectivity index (χ2v) is 3.72. The number of morpholine rings is 1. The van der Waals surface area contributed by atoms with Crippen molar-refractivity contribution in [2.24, 2.45) is 0 Å². The van der Waals surface area contributed by atoms with Crippen LogP contribution in [0.3, 0.4) is 0 Å². The maximum Gasteiger partial charge on any atom is 0.100 e. The molecule has 1 aliphatic rings. The van der Waals surface area contributed by atoms with Crippen LogP contribution in [0.25, 0.3) is 0 Å². The first-order valence-corrected chi connectivity index (χ1v) is 5.30. The molecule has 3 nitrogen and oxygen atoms in total. The molecule has 15 heavy (non-hydrogen) atoms. The van der Waals surface area contributed by atoms with Crippen LogP contribution in [0.15, 0.2) is 30.3 Å². The molecule has 0 radical (unpaired) electrons. The van der Waals surface area contributed by atoms with Crippen molar-refractivity contribution in [3.8, 4) is 0 Å². The maximum atomic E-state index is 5.79. The van der Waals surface area contributed by atoms with Gasteiger partial charge in [-0.3, -0.25) is 0 Å². The SMILES string of the molecule is COCC1NCCOC1c1ccccc1. The first kappa shape index (κ1) is 10.6. The molecule has 1 saturated heterocycles. The Morgan fingerprint density at radius 3 is 2.93 bits per heavy atom. The van der Waals surface area contributed by atoms with Crippen LogP contribution in [0.2, 0.25) is 0 Å². The fraction of sp³-hybridized carbons (Fsp3) is 0.500. The Morgan fingerprint density at radius 1 is 1.40 bits per heavy atom. The van der Waals surface area contributed by atoms with E-state index in [-0.39, 0.29) is 12.1 Å². The summed E-state index contributed by atoms with van der Waals surface area (Å²) in [6.45, 7) is 2.34. The lowest BCUT2D eigenvalue weighted by Gasteiger charge is -2.32. The summed E-state index contributed by atoms with van der Waals surface area (Å²) in [4.78, 5) is 0. The molecule has 2 rings (SSSR count). The zero-order valence-electron chi connectivity index (χ0n) is 8.98. The molecule has 0 bridgehead atoms. The van der Waals surface area contributed by atoms with E-state index in [9.17, 15) is 0 Å². The van der Waals surface area contributed by atoms with Gasteiger partial charge < -0.3 is 14.8 Å². The van der Waals surface area contributed by atoms with E-state index >= 15 is 0 Å². The lowest BCUT2D eigenvalue weighted by molar-refractivity contribution is -0.0273. The van der Waals surface area contributed by atoms with E-state index in [0.717, 1.165) is 13.2 Å². The highest BCUT2D eigenvalue weighted by Crippen LogP contribution is 2.23. The van der Waals surface area contributed by atoms with E-state index in [4.69, 9.17) is 9.47 Å². The van der Waals surface area contributed by atoms with Gasteiger partial charge >= 0.3 is 0 Å². The number of hydrogen-bond acceptors (Lipinski definition) is 3. The zero-order chi connectivity index (χ0) is 10.5. The molecule has 1 aliphatic heterocycles. The van der Waals surface area contributed by atoms with Gasteiger partial charge in [0.1, 0.15) is 6.10 Å². The van der Waals surface area contributed by atoms with Crippen LogP contribution >= 0.6 is 0 Å². The summed E-state index contributed by atoms with van der Waals surface area (Å²) in [6.07, 6.45) is 0.111. The molecule has 1 heterocycles. The van der Waals surface area contributed by atoms with E-state index in [1.54, 1.807) is 7.11 Å². The van der Waals surface area contributed by atoms with Gasteiger partial charge in [-0.25, -0.2) is 0 Å². The third-order valence-electron chi connectivity index (χ3n) is 2.65. The Balaban J connectivity index is 2.11. The van der Waals surface area contributed by atoms with Crippen molar-refractivity contribution in [3.05, 3.63) is 35.9 Å². The molecular weight excluding hydrogens is 190 g/mol. The molecule has 2 unspecified atom stereocenters. The van der Waals surface area contributed by atoms with Crippen LogP contribution < -0.4 is 5.32 Å². The Morgan fingerprint density at radius 2 is 2.20 bits per heavy atom. The molecule has 1 fully saturated rings. The molecule has 1 aromatic carbocycles. The first-order chi connectivity index (χ1) is 7.42. The average molecular weight is 207 g/mol. The number of ether oxygens (including phenoxy) is 2. The van der Waals surface area contributed by atoms with E-state index in [1.165, 1.54) is 5.56 Å². The van der Waals surface area contributed by atoms with Crippen molar-refractivity contribution in [1.82, 2.24) is 5.32 Å². The summed E-state index contributed by atoms with van der Waals surface area (Å²) in [5.74, 6) is 0. The smallest absolute Gasteiger partial charge is 0.100 e. The predicted molar refractivity (Wildman–Crippen MR) is 58.8 cm³/mol. The molecule has 0 saturated carbocycles. The van der Waals surface area contributed by atoms with Crippen LogP contribution in [0.4, 0.5) is 0 Å². The fourth-order valence-electron chi connectivity index (χ4n) is 1.95. The summed E-state index contributed by atoms with van der Waals surface area (Å²) in [5.41, 5.74) is 1.21. The monoisotopic (exact) mass is 207 g/mol. The molecule has 0 aliphatic carbocycles. The highest BCUT2D eigenvalue weighted by atomic mass is 16.5. The second-order valence-electron chi connectivity index (χ2n) is 3.72. The maximum absolute atomic E-state index is 5.79. The predicted octanol–water partition coefficient (Wildman–Crippen LogP) is 1.36. The van der Waals surface area contributed by atoms with Crippen LogP contribution in [0.5, 0.6) is 0 Å². The van der Waals surface area contributed by atoms with Gasteiger partial charge in [0.05, 0.1) is 19.3 Å². The highest BCUT2D eigenvalue weighted by Gasteiger charge is 2.26. The molecule has 2 atom stereocenters. The van der Waals surface area contributed by atoms with Crippen LogP contribution in [0.1, 0.15) is 11.7 Å². The van der Waals surface area contributed by atoms with Crippen LogP contribution in [0, 0.1) is 0 Å². The topological polar surface area (TPSA) is 30.5 Å². The van der Waals surface area contributed by atoms with Crippen molar-refractivity contribution < 1.29 is 9.47 Å². The van der Waals surface area contributed by atoms with Crippen molar-refractivity contribution in [2.45, 2.75) is 12.1 Å². The summed E-state index contributed by atoms with van der Waals surface area (Å²) < 4.78 is 11.0. The van der Waals surface area contributed by atoms with Crippen molar-refractivity contribution >= 4 is 0 Å². The number of hydrogen-bond donors (Lipinski definition) is 1. The van der Waals surface area contributed by atoms with E-state index in [0.29, 0.717) is 6.61 Å². The number of rotatable bonds is 3. The summed E-state index contributed by atoms with van der Waals surface area (Å²) in [7, 11) is 1.72. The van der Waals surface area contributed by atoms with Gasteiger partial charge in [-0.05, 0) is 5.56 Å². The van der Waals surface area contributed by atoms with Crippen molar-refractivity contribution in [2.75, 3.05) is 26.9 Å². The Bertz CT molecular complexity index is 287. The molecular formula is C12H17NO2. The minimum Gasteiger partial charge on any atom is -0.383 e. The van der Waals surface area contributed by atoms with Crippen LogP contribution in [-0.2, 0) is 9.47 Å². The quantitative estimate of drug-likeness (QED) is 0.812. The second kappa shape index (κ2) is 5.26. The van der Waals surface area contributed by atoms with Crippen molar-refractivity contribution in [1.29, 1.82) is 0 Å². The third-order valence-corrected chi connectivity index (χ3v) is 2.65. The standard InChI is InChI=1S/C12H17NO2/c1-14-9-11-12(15-8-7-13-11)10-5-3-2-4-6-10/h2-6,11-13H,7-9H2,1H3. The van der Waals surface area contributed by atoms with Gasteiger partial charge in [0.15, 0.2) is 0 Å². The lowest BCUT2D eigenvalue weighted by atomic mass is 10.0. The van der Waals surface area contributed by atoms with Crippen molar-refractivity contribution in [3.63, 3.8) is 0 Å². The lowest BCUT2D eigenvalue weighted by Crippen LogP contribution is -2.46. The summed E-state index contributed by atoms with van der Waals surface area (Å²) in [6, 6.07) is 10.5. The molecule has 3 heteroatoms. The molecule has 1 N–H and O–H groups in total. The highest BCUT2D eigenvalue weighted by molar-refractivity contribution is 5.19. The molecule has 1 aromatic rings. The van der Waals surface area contributed by atoms with Gasteiger partial charge in [0.2, 0.25) is 0 Å². The van der Waals surface area contributed by atoms with Gasteiger partial charge in [0, 0.05) is 13.7 Å². The molecule has 82 valence electrons. The number of methoxy groups -OCH3 is 1. The Kier molecular flexibility index (Phi) is 3.72. The zero-order valence-corrected chi connectivity index (χ0v) is 8.98. The van der Waals surface area contributed by atoms with Gasteiger partial charge in [0.25, 0.3) is 0 Å².